The summed E-state index contributed by atoms with van der Waals surface area (Å²) in [6, 6.07) is 8.40. The molecule has 0 aromatic heterocycles. The monoisotopic (exact) mass is 253 g/mol. The molecule has 0 aliphatic carbocycles. The van der Waals surface area contributed by atoms with Gasteiger partial charge in [-0.1, -0.05) is 12.1 Å². The van der Waals surface area contributed by atoms with Crippen molar-refractivity contribution in [1.29, 1.82) is 0 Å². The van der Waals surface area contributed by atoms with Crippen LogP contribution in [0.15, 0.2) is 24.3 Å². The van der Waals surface area contributed by atoms with Crippen LogP contribution in [0.2, 0.25) is 0 Å². The highest BCUT2D eigenvalue weighted by Crippen LogP contribution is 2.12. The maximum absolute atomic E-state index is 5.42. The summed E-state index contributed by atoms with van der Waals surface area (Å²) in [5.41, 5.74) is 1.37. The smallest absolute Gasteiger partial charge is 0.119 e. The number of nitrogens with zero attached hydrogens (tertiary/aromatic N) is 1. The fourth-order valence-corrected chi connectivity index (χ4v) is 1.83. The number of likely N-dealkylation sites (N-methyl/N-ethyl adjacent to an activating group) is 1. The molecule has 17 heavy (non-hydrogen) atoms. The zero-order valence-electron chi connectivity index (χ0n) is 10.9. The molecule has 0 bridgehead atoms. The van der Waals surface area contributed by atoms with Crippen LogP contribution in [-0.4, -0.2) is 37.4 Å². The Balaban J connectivity index is 2.31. The largest absolute Gasteiger partial charge is 0.494 e. The van der Waals surface area contributed by atoms with Crippen LogP contribution in [0.5, 0.6) is 5.75 Å². The second kappa shape index (κ2) is 8.43. The Morgan fingerprint density at radius 3 is 2.47 bits per heavy atom. The topological polar surface area (TPSA) is 12.5 Å². The molecule has 0 aliphatic rings. The first kappa shape index (κ1) is 14.4. The lowest BCUT2D eigenvalue weighted by molar-refractivity contribution is 0.337. The van der Waals surface area contributed by atoms with E-state index in [4.69, 9.17) is 4.74 Å². The summed E-state index contributed by atoms with van der Waals surface area (Å²) in [4.78, 5) is 2.35. The van der Waals surface area contributed by atoms with Crippen LogP contribution >= 0.6 is 12.6 Å². The summed E-state index contributed by atoms with van der Waals surface area (Å²) in [5.74, 6) is 1.92. The SMILES string of the molecule is CCOc1ccc(CCN(C)CCCS)cc1. The molecule has 0 heterocycles. The Hall–Kier alpha value is -0.670. The molecule has 1 rings (SSSR count). The number of thiol groups is 1. The first-order valence-corrected chi connectivity index (χ1v) is 6.90. The molecule has 0 saturated heterocycles. The van der Waals surface area contributed by atoms with Gasteiger partial charge in [0.25, 0.3) is 0 Å². The molecule has 3 heteroatoms. The summed E-state index contributed by atoms with van der Waals surface area (Å²) in [6.45, 7) is 4.96. The van der Waals surface area contributed by atoms with Gasteiger partial charge in [-0.25, -0.2) is 0 Å². The van der Waals surface area contributed by atoms with Gasteiger partial charge in [0.05, 0.1) is 6.61 Å². The van der Waals surface area contributed by atoms with Gasteiger partial charge in [-0.3, -0.25) is 0 Å². The zero-order chi connectivity index (χ0) is 12.5. The Bertz CT molecular complexity index is 300. The summed E-state index contributed by atoms with van der Waals surface area (Å²) in [5, 5.41) is 0. The molecule has 0 spiro atoms. The molecule has 1 aromatic carbocycles. The van der Waals surface area contributed by atoms with E-state index in [2.05, 4.69) is 36.7 Å². The average molecular weight is 253 g/mol. The van der Waals surface area contributed by atoms with Crippen molar-refractivity contribution in [1.82, 2.24) is 4.90 Å². The van der Waals surface area contributed by atoms with E-state index in [-0.39, 0.29) is 0 Å². The van der Waals surface area contributed by atoms with Crippen LogP contribution in [0.4, 0.5) is 0 Å². The molecule has 0 atom stereocenters. The highest BCUT2D eigenvalue weighted by molar-refractivity contribution is 7.80. The Morgan fingerprint density at radius 1 is 1.18 bits per heavy atom. The minimum Gasteiger partial charge on any atom is -0.494 e. The number of ether oxygens (including phenoxy) is 1. The van der Waals surface area contributed by atoms with Crippen LogP contribution in [0.25, 0.3) is 0 Å². The molecule has 0 N–H and O–H groups in total. The van der Waals surface area contributed by atoms with E-state index < -0.39 is 0 Å². The third-order valence-corrected chi connectivity index (χ3v) is 3.03. The lowest BCUT2D eigenvalue weighted by Gasteiger charge is -2.15. The Morgan fingerprint density at radius 2 is 1.88 bits per heavy atom. The van der Waals surface area contributed by atoms with Gasteiger partial charge in [0.1, 0.15) is 5.75 Å². The lowest BCUT2D eigenvalue weighted by Crippen LogP contribution is -2.22. The Labute approximate surface area is 110 Å². The molecule has 0 aliphatic heterocycles. The van der Waals surface area contributed by atoms with Gasteiger partial charge >= 0.3 is 0 Å². The quantitative estimate of drug-likeness (QED) is 0.715. The normalized spacial score (nSPS) is 10.8. The second-order valence-electron chi connectivity index (χ2n) is 4.21. The summed E-state index contributed by atoms with van der Waals surface area (Å²) in [6.07, 6.45) is 2.25. The molecular formula is C14H23NOS. The highest BCUT2D eigenvalue weighted by Gasteiger charge is 1.99. The molecular weight excluding hydrogens is 230 g/mol. The van der Waals surface area contributed by atoms with E-state index in [0.29, 0.717) is 0 Å². The predicted molar refractivity (Wildman–Crippen MR) is 77.3 cm³/mol. The van der Waals surface area contributed by atoms with Crippen LogP contribution in [-0.2, 0) is 6.42 Å². The molecule has 0 fully saturated rings. The fraction of sp³-hybridized carbons (Fsp3) is 0.571. The number of hydrogen-bond acceptors (Lipinski definition) is 3. The van der Waals surface area contributed by atoms with E-state index in [1.165, 1.54) is 5.56 Å². The van der Waals surface area contributed by atoms with Crippen molar-refractivity contribution in [3.63, 3.8) is 0 Å². The van der Waals surface area contributed by atoms with Gasteiger partial charge in [-0.2, -0.15) is 12.6 Å². The van der Waals surface area contributed by atoms with E-state index >= 15 is 0 Å². The third-order valence-electron chi connectivity index (χ3n) is 2.71. The highest BCUT2D eigenvalue weighted by atomic mass is 32.1. The maximum atomic E-state index is 5.42. The molecule has 96 valence electrons. The van der Waals surface area contributed by atoms with Gasteiger partial charge in [0, 0.05) is 6.54 Å². The van der Waals surface area contributed by atoms with Crippen molar-refractivity contribution in [2.24, 2.45) is 0 Å². The van der Waals surface area contributed by atoms with Gasteiger partial charge in [0.2, 0.25) is 0 Å². The summed E-state index contributed by atoms with van der Waals surface area (Å²) >= 11 is 4.22. The molecule has 1 aromatic rings. The van der Waals surface area contributed by atoms with Gasteiger partial charge in [-0.15, -0.1) is 0 Å². The second-order valence-corrected chi connectivity index (χ2v) is 4.65. The van der Waals surface area contributed by atoms with Gasteiger partial charge < -0.3 is 9.64 Å². The maximum Gasteiger partial charge on any atom is 0.119 e. The minimum atomic E-state index is 0.728. The van der Waals surface area contributed by atoms with E-state index in [9.17, 15) is 0 Å². The molecule has 0 saturated carbocycles. The molecule has 2 nitrogen and oxygen atoms in total. The number of benzene rings is 1. The molecule has 0 radical (unpaired) electrons. The molecule has 0 unspecified atom stereocenters. The molecule has 0 amide bonds. The van der Waals surface area contributed by atoms with Gasteiger partial charge in [-0.05, 0) is 56.8 Å². The lowest BCUT2D eigenvalue weighted by atomic mass is 10.1. The average Bonchev–Trinajstić information content (AvgIpc) is 2.36. The summed E-state index contributed by atoms with van der Waals surface area (Å²) < 4.78 is 5.42. The third kappa shape index (κ3) is 5.99. The predicted octanol–water partition coefficient (Wildman–Crippen LogP) is 2.88. The van der Waals surface area contributed by atoms with Crippen LogP contribution in [0, 0.1) is 0 Å². The minimum absolute atomic E-state index is 0.728. The first-order chi connectivity index (χ1) is 8.26. The van der Waals surface area contributed by atoms with E-state index in [0.717, 1.165) is 44.0 Å². The van der Waals surface area contributed by atoms with Crippen LogP contribution in [0.3, 0.4) is 0 Å². The van der Waals surface area contributed by atoms with Crippen molar-refractivity contribution in [2.45, 2.75) is 19.8 Å². The summed E-state index contributed by atoms with van der Waals surface area (Å²) in [7, 11) is 2.16. The van der Waals surface area contributed by atoms with Gasteiger partial charge in [0.15, 0.2) is 0 Å². The van der Waals surface area contributed by atoms with Crippen molar-refractivity contribution >= 4 is 12.6 Å². The van der Waals surface area contributed by atoms with E-state index in [1.54, 1.807) is 0 Å². The standard InChI is InChI=1S/C14H23NOS/c1-3-16-14-7-5-13(6-8-14)9-11-15(2)10-4-12-17/h5-8,17H,3-4,9-12H2,1-2H3. The van der Waals surface area contributed by atoms with E-state index in [1.807, 2.05) is 19.1 Å². The van der Waals surface area contributed by atoms with Crippen molar-refractivity contribution in [3.05, 3.63) is 29.8 Å². The number of hydrogen-bond donors (Lipinski definition) is 1. The van der Waals surface area contributed by atoms with Crippen molar-refractivity contribution < 1.29 is 4.74 Å². The number of rotatable bonds is 8. The van der Waals surface area contributed by atoms with Crippen molar-refractivity contribution in [3.8, 4) is 5.75 Å². The van der Waals surface area contributed by atoms with Crippen LogP contribution < -0.4 is 4.74 Å². The first-order valence-electron chi connectivity index (χ1n) is 6.27. The Kier molecular flexibility index (Phi) is 7.13. The fourth-order valence-electron chi connectivity index (χ4n) is 1.69. The van der Waals surface area contributed by atoms with Crippen molar-refractivity contribution in [2.75, 3.05) is 32.5 Å². The van der Waals surface area contributed by atoms with Crippen LogP contribution in [0.1, 0.15) is 18.9 Å². The zero-order valence-corrected chi connectivity index (χ0v) is 11.7.